The van der Waals surface area contributed by atoms with Crippen molar-refractivity contribution in [2.45, 2.75) is 6.04 Å². The first kappa shape index (κ1) is 17.0. The van der Waals surface area contributed by atoms with Crippen LogP contribution in [0.25, 0.3) is 0 Å². The van der Waals surface area contributed by atoms with Crippen LogP contribution in [-0.4, -0.2) is 36.5 Å². The normalized spacial score (nSPS) is 11.2. The second kappa shape index (κ2) is 7.24. The molecule has 0 bridgehead atoms. The molecule has 0 N–H and O–H groups in total. The van der Waals surface area contributed by atoms with Gasteiger partial charge in [-0.25, -0.2) is 9.59 Å². The van der Waals surface area contributed by atoms with Crippen molar-refractivity contribution in [3.05, 3.63) is 59.4 Å². The molecule has 2 aromatic rings. The molecule has 1 aromatic carbocycles. The number of rotatable bonds is 5. The molecule has 7 nitrogen and oxygen atoms in total. The van der Waals surface area contributed by atoms with E-state index in [1.54, 1.807) is 18.2 Å². The molecule has 24 heavy (non-hydrogen) atoms. The number of hydrogen-bond donors (Lipinski definition) is 0. The fourth-order valence-corrected chi connectivity index (χ4v) is 2.23. The summed E-state index contributed by atoms with van der Waals surface area (Å²) in [5.41, 5.74) is 0.946. The largest absolute Gasteiger partial charge is 0.465 e. The van der Waals surface area contributed by atoms with E-state index in [1.165, 1.54) is 36.1 Å². The predicted molar refractivity (Wildman–Crippen MR) is 82.3 cm³/mol. The molecule has 0 spiro atoms. The summed E-state index contributed by atoms with van der Waals surface area (Å²) in [6.45, 7) is 0. The number of ether oxygens (including phenoxy) is 2. The maximum absolute atomic E-state index is 12.0. The molecule has 1 unspecified atom stereocenters. The number of carbonyl (C=O) groups excluding carboxylic acids is 3. The number of ketones is 1. The molecular weight excluding hydrogens is 312 g/mol. The van der Waals surface area contributed by atoms with E-state index >= 15 is 0 Å². The molecule has 1 aromatic heterocycles. The molecule has 7 heteroatoms. The van der Waals surface area contributed by atoms with Crippen LogP contribution >= 0.6 is 0 Å². The van der Waals surface area contributed by atoms with Crippen molar-refractivity contribution < 1.29 is 23.9 Å². The number of Topliss-reactive ketones (excluding diaryl/α,β-unsaturated/α-hetero) is 1. The van der Waals surface area contributed by atoms with E-state index in [1.807, 2.05) is 0 Å². The number of methoxy groups -OCH3 is 2. The molecule has 2 rings (SSSR count). The van der Waals surface area contributed by atoms with E-state index in [9.17, 15) is 19.6 Å². The van der Waals surface area contributed by atoms with Crippen LogP contribution in [0.3, 0.4) is 0 Å². The van der Waals surface area contributed by atoms with Gasteiger partial charge < -0.3 is 14.0 Å². The summed E-state index contributed by atoms with van der Waals surface area (Å²) < 4.78 is 10.4. The molecule has 0 saturated carbocycles. The summed E-state index contributed by atoms with van der Waals surface area (Å²) in [6.07, 6.45) is 1.53. The summed E-state index contributed by atoms with van der Waals surface area (Å²) >= 11 is 0. The minimum absolute atomic E-state index is 0.0467. The molecule has 0 aliphatic carbocycles. The zero-order valence-electron chi connectivity index (χ0n) is 13.1. The Hall–Kier alpha value is -3.40. The average Bonchev–Trinajstić information content (AvgIpc) is 3.10. The van der Waals surface area contributed by atoms with Crippen molar-refractivity contribution in [3.63, 3.8) is 0 Å². The van der Waals surface area contributed by atoms with Gasteiger partial charge in [0.15, 0.2) is 0 Å². The molecule has 0 amide bonds. The van der Waals surface area contributed by atoms with Gasteiger partial charge in [0.25, 0.3) is 5.78 Å². The SMILES string of the molecule is COC(=O)C(=O)c1cccn1C(C#N)c1ccc(C(=O)OC)cc1. The van der Waals surface area contributed by atoms with Crippen LogP contribution in [0, 0.1) is 11.3 Å². The molecule has 1 heterocycles. The van der Waals surface area contributed by atoms with E-state index < -0.39 is 23.8 Å². The van der Waals surface area contributed by atoms with Crippen LogP contribution in [0.4, 0.5) is 0 Å². The fourth-order valence-electron chi connectivity index (χ4n) is 2.23. The third kappa shape index (κ3) is 3.17. The number of nitriles is 1. The average molecular weight is 326 g/mol. The highest BCUT2D eigenvalue weighted by Gasteiger charge is 2.24. The maximum atomic E-state index is 12.0. The smallest absolute Gasteiger partial charge is 0.381 e. The zero-order chi connectivity index (χ0) is 17.7. The monoisotopic (exact) mass is 326 g/mol. The number of esters is 2. The van der Waals surface area contributed by atoms with Gasteiger partial charge in [-0.1, -0.05) is 12.1 Å². The Balaban J connectivity index is 2.39. The van der Waals surface area contributed by atoms with Gasteiger partial charge in [0, 0.05) is 6.20 Å². The van der Waals surface area contributed by atoms with Gasteiger partial charge in [-0.3, -0.25) is 4.79 Å². The maximum Gasteiger partial charge on any atom is 0.381 e. The van der Waals surface area contributed by atoms with Gasteiger partial charge in [0.2, 0.25) is 0 Å². The molecule has 0 fully saturated rings. The van der Waals surface area contributed by atoms with Crippen LogP contribution in [0.15, 0.2) is 42.6 Å². The lowest BCUT2D eigenvalue weighted by Crippen LogP contribution is -2.21. The molecule has 0 saturated heterocycles. The molecule has 1 atom stereocenters. The molecule has 0 radical (unpaired) electrons. The molecule has 122 valence electrons. The van der Waals surface area contributed by atoms with Crippen LogP contribution < -0.4 is 0 Å². The van der Waals surface area contributed by atoms with E-state index in [4.69, 9.17) is 0 Å². The van der Waals surface area contributed by atoms with Gasteiger partial charge in [0.1, 0.15) is 6.04 Å². The van der Waals surface area contributed by atoms with Crippen molar-refractivity contribution in [1.82, 2.24) is 4.57 Å². The number of carbonyl (C=O) groups is 3. The first-order valence-corrected chi connectivity index (χ1v) is 6.90. The summed E-state index contributed by atoms with van der Waals surface area (Å²) in [7, 11) is 2.39. The van der Waals surface area contributed by atoms with Gasteiger partial charge in [-0.2, -0.15) is 5.26 Å². The molecular formula is C17H14N2O5. The lowest BCUT2D eigenvalue weighted by molar-refractivity contribution is -0.135. The van der Waals surface area contributed by atoms with Gasteiger partial charge >= 0.3 is 11.9 Å². The summed E-state index contributed by atoms with van der Waals surface area (Å²) in [5, 5.41) is 9.49. The third-order valence-corrected chi connectivity index (χ3v) is 3.43. The number of hydrogen-bond acceptors (Lipinski definition) is 6. The van der Waals surface area contributed by atoms with Gasteiger partial charge in [-0.15, -0.1) is 0 Å². The first-order chi connectivity index (χ1) is 11.5. The molecule has 0 aliphatic heterocycles. The Kier molecular flexibility index (Phi) is 5.12. The Bertz CT molecular complexity index is 814. The van der Waals surface area contributed by atoms with E-state index in [0.717, 1.165) is 7.11 Å². The highest BCUT2D eigenvalue weighted by Crippen LogP contribution is 2.21. The predicted octanol–water partition coefficient (Wildman–Crippen LogP) is 1.74. The topological polar surface area (TPSA) is 98.4 Å². The highest BCUT2D eigenvalue weighted by atomic mass is 16.5. The standard InChI is InChI=1S/C17H14N2O5/c1-23-16(21)12-7-5-11(6-8-12)14(10-18)19-9-3-4-13(19)15(20)17(22)24-2/h3-9,14H,1-2H3. The Morgan fingerprint density at radius 3 is 2.29 bits per heavy atom. The van der Waals surface area contributed by atoms with Crippen molar-refractivity contribution in [1.29, 1.82) is 5.26 Å². The third-order valence-electron chi connectivity index (χ3n) is 3.43. The minimum Gasteiger partial charge on any atom is -0.465 e. The number of aromatic nitrogens is 1. The van der Waals surface area contributed by atoms with Crippen LogP contribution in [0.1, 0.15) is 32.5 Å². The van der Waals surface area contributed by atoms with Crippen molar-refractivity contribution >= 4 is 17.7 Å². The summed E-state index contributed by atoms with van der Waals surface area (Å²) in [4.78, 5) is 34.9. The second-order valence-electron chi connectivity index (χ2n) is 4.77. The van der Waals surface area contributed by atoms with Gasteiger partial charge in [-0.05, 0) is 29.8 Å². The van der Waals surface area contributed by atoms with Crippen molar-refractivity contribution in [3.8, 4) is 6.07 Å². The lowest BCUT2D eigenvalue weighted by Gasteiger charge is -2.15. The number of benzene rings is 1. The van der Waals surface area contributed by atoms with Crippen molar-refractivity contribution in [2.75, 3.05) is 14.2 Å². The fraction of sp³-hybridized carbons (Fsp3) is 0.176. The highest BCUT2D eigenvalue weighted by molar-refractivity contribution is 6.40. The quantitative estimate of drug-likeness (QED) is 0.471. The van der Waals surface area contributed by atoms with Gasteiger partial charge in [0.05, 0.1) is 31.5 Å². The second-order valence-corrected chi connectivity index (χ2v) is 4.77. The van der Waals surface area contributed by atoms with E-state index in [0.29, 0.717) is 11.1 Å². The minimum atomic E-state index is -1.01. The van der Waals surface area contributed by atoms with Crippen molar-refractivity contribution in [2.24, 2.45) is 0 Å². The van der Waals surface area contributed by atoms with E-state index in [2.05, 4.69) is 15.5 Å². The Morgan fingerprint density at radius 2 is 1.75 bits per heavy atom. The lowest BCUT2D eigenvalue weighted by atomic mass is 10.0. The Morgan fingerprint density at radius 1 is 1.08 bits per heavy atom. The summed E-state index contributed by atoms with van der Waals surface area (Å²) in [5.74, 6) is -2.33. The van der Waals surface area contributed by atoms with Crippen LogP contribution in [-0.2, 0) is 14.3 Å². The number of nitrogens with zero attached hydrogens (tertiary/aromatic N) is 2. The molecule has 0 aliphatic rings. The van der Waals surface area contributed by atoms with E-state index in [-0.39, 0.29) is 5.69 Å². The van der Waals surface area contributed by atoms with Crippen LogP contribution in [0.2, 0.25) is 0 Å². The zero-order valence-corrected chi connectivity index (χ0v) is 13.1. The Labute approximate surface area is 138 Å². The first-order valence-electron chi connectivity index (χ1n) is 6.90. The summed E-state index contributed by atoms with van der Waals surface area (Å²) in [6, 6.07) is 10.5. The van der Waals surface area contributed by atoms with Crippen LogP contribution in [0.5, 0.6) is 0 Å².